The predicted octanol–water partition coefficient (Wildman–Crippen LogP) is 3.28. The van der Waals surface area contributed by atoms with Crippen LogP contribution in [0.1, 0.15) is 44.1 Å². The van der Waals surface area contributed by atoms with Gasteiger partial charge in [-0.2, -0.15) is 5.10 Å². The Hall–Kier alpha value is -3.41. The summed E-state index contributed by atoms with van der Waals surface area (Å²) in [6.07, 6.45) is 2.78. The second-order valence-corrected chi connectivity index (χ2v) is 6.99. The van der Waals surface area contributed by atoms with Gasteiger partial charge in [-0.1, -0.05) is 23.8 Å². The fraction of sp³-hybridized carbons (Fsp3) is 0.227. The van der Waals surface area contributed by atoms with Crippen LogP contribution in [0.2, 0.25) is 0 Å². The van der Waals surface area contributed by atoms with Crippen LogP contribution < -0.4 is 10.6 Å². The summed E-state index contributed by atoms with van der Waals surface area (Å²) in [7, 11) is 1.58. The van der Waals surface area contributed by atoms with Crippen molar-refractivity contribution in [3.63, 3.8) is 0 Å². The zero-order chi connectivity index (χ0) is 19.7. The van der Waals surface area contributed by atoms with Gasteiger partial charge in [-0.05, 0) is 56.5 Å². The van der Waals surface area contributed by atoms with Crippen molar-refractivity contribution in [2.24, 2.45) is 0 Å². The van der Waals surface area contributed by atoms with Crippen molar-refractivity contribution in [3.8, 4) is 5.69 Å². The molecule has 1 aromatic heterocycles. The van der Waals surface area contributed by atoms with Gasteiger partial charge in [-0.3, -0.25) is 9.59 Å². The SMILES string of the molecule is CNC(=O)c1cccc(NC(=O)c2nn(-c3ccc(C)cc3)c3c2CCC3)c1. The third-order valence-electron chi connectivity index (χ3n) is 5.03. The second-order valence-electron chi connectivity index (χ2n) is 6.99. The van der Waals surface area contributed by atoms with Crippen molar-refractivity contribution in [2.45, 2.75) is 26.2 Å². The largest absolute Gasteiger partial charge is 0.355 e. The first kappa shape index (κ1) is 18.0. The topological polar surface area (TPSA) is 76.0 Å². The number of benzene rings is 2. The molecule has 2 amide bonds. The van der Waals surface area contributed by atoms with Crippen molar-refractivity contribution < 1.29 is 9.59 Å². The van der Waals surface area contributed by atoms with Gasteiger partial charge in [0.1, 0.15) is 0 Å². The monoisotopic (exact) mass is 374 g/mol. The molecule has 0 bridgehead atoms. The molecule has 3 aromatic rings. The van der Waals surface area contributed by atoms with Crippen molar-refractivity contribution in [1.82, 2.24) is 15.1 Å². The minimum absolute atomic E-state index is 0.194. The Labute approximate surface area is 163 Å². The van der Waals surface area contributed by atoms with Gasteiger partial charge >= 0.3 is 0 Å². The highest BCUT2D eigenvalue weighted by molar-refractivity contribution is 6.05. The maximum Gasteiger partial charge on any atom is 0.276 e. The van der Waals surface area contributed by atoms with Crippen LogP contribution in [-0.2, 0) is 12.8 Å². The fourth-order valence-electron chi connectivity index (χ4n) is 3.59. The number of amides is 2. The number of hydrogen-bond acceptors (Lipinski definition) is 3. The van der Waals surface area contributed by atoms with Crippen LogP contribution in [0.5, 0.6) is 0 Å². The van der Waals surface area contributed by atoms with Crippen molar-refractivity contribution >= 4 is 17.5 Å². The number of carbonyl (C=O) groups excluding carboxylic acids is 2. The lowest BCUT2D eigenvalue weighted by Crippen LogP contribution is -2.19. The molecule has 142 valence electrons. The average Bonchev–Trinajstić information content (AvgIpc) is 3.31. The van der Waals surface area contributed by atoms with Gasteiger partial charge in [0.05, 0.1) is 5.69 Å². The van der Waals surface area contributed by atoms with Crippen LogP contribution >= 0.6 is 0 Å². The molecule has 0 fully saturated rings. The molecule has 4 rings (SSSR count). The molecule has 1 aliphatic carbocycles. The number of nitrogens with zero attached hydrogens (tertiary/aromatic N) is 2. The third kappa shape index (κ3) is 3.29. The zero-order valence-corrected chi connectivity index (χ0v) is 16.0. The molecule has 2 N–H and O–H groups in total. The number of anilines is 1. The molecule has 0 radical (unpaired) electrons. The van der Waals surface area contributed by atoms with Gasteiger partial charge < -0.3 is 10.6 Å². The highest BCUT2D eigenvalue weighted by Gasteiger charge is 2.27. The van der Waals surface area contributed by atoms with E-state index in [1.54, 1.807) is 31.3 Å². The number of aryl methyl sites for hydroxylation is 1. The minimum Gasteiger partial charge on any atom is -0.355 e. The number of rotatable bonds is 4. The molecule has 0 atom stereocenters. The van der Waals surface area contributed by atoms with E-state index in [1.807, 2.05) is 35.9 Å². The van der Waals surface area contributed by atoms with Crippen molar-refractivity contribution in [1.29, 1.82) is 0 Å². The summed E-state index contributed by atoms with van der Waals surface area (Å²) in [5.41, 5.74) is 5.79. The summed E-state index contributed by atoms with van der Waals surface area (Å²) in [5, 5.41) is 10.1. The van der Waals surface area contributed by atoms with Crippen LogP contribution in [-0.4, -0.2) is 28.6 Å². The lowest BCUT2D eigenvalue weighted by atomic mass is 10.1. The van der Waals surface area contributed by atoms with Crippen LogP contribution in [0.4, 0.5) is 5.69 Å². The average molecular weight is 374 g/mol. The van der Waals surface area contributed by atoms with Gasteiger partial charge in [0.15, 0.2) is 5.69 Å². The van der Waals surface area contributed by atoms with E-state index in [0.717, 1.165) is 36.2 Å². The van der Waals surface area contributed by atoms with E-state index in [4.69, 9.17) is 0 Å². The Morgan fingerprint density at radius 1 is 1.04 bits per heavy atom. The maximum absolute atomic E-state index is 12.9. The van der Waals surface area contributed by atoms with E-state index >= 15 is 0 Å². The number of aromatic nitrogens is 2. The van der Waals surface area contributed by atoms with Crippen LogP contribution in [0, 0.1) is 6.92 Å². The summed E-state index contributed by atoms with van der Waals surface area (Å²) in [6, 6.07) is 15.0. The normalized spacial score (nSPS) is 12.5. The maximum atomic E-state index is 12.9. The first-order valence-electron chi connectivity index (χ1n) is 9.38. The third-order valence-corrected chi connectivity index (χ3v) is 5.03. The molecule has 28 heavy (non-hydrogen) atoms. The van der Waals surface area contributed by atoms with Gasteiger partial charge in [0.2, 0.25) is 0 Å². The lowest BCUT2D eigenvalue weighted by Gasteiger charge is -2.07. The first-order chi connectivity index (χ1) is 13.6. The Morgan fingerprint density at radius 3 is 2.57 bits per heavy atom. The Balaban J connectivity index is 1.65. The molecule has 0 saturated heterocycles. The van der Waals surface area contributed by atoms with E-state index in [-0.39, 0.29) is 11.8 Å². The van der Waals surface area contributed by atoms with Gasteiger partial charge in [-0.25, -0.2) is 4.68 Å². The Bertz CT molecular complexity index is 1050. The molecule has 0 unspecified atom stereocenters. The first-order valence-corrected chi connectivity index (χ1v) is 9.38. The van der Waals surface area contributed by atoms with Crippen LogP contribution in [0.25, 0.3) is 5.69 Å². The summed E-state index contributed by atoms with van der Waals surface area (Å²) >= 11 is 0. The molecule has 1 heterocycles. The number of nitrogens with one attached hydrogen (secondary N) is 2. The minimum atomic E-state index is -0.252. The molecule has 0 aliphatic heterocycles. The molecular formula is C22H22N4O2. The molecule has 2 aromatic carbocycles. The summed E-state index contributed by atoms with van der Waals surface area (Å²) in [4.78, 5) is 24.8. The summed E-state index contributed by atoms with van der Waals surface area (Å²) in [6.45, 7) is 2.04. The van der Waals surface area contributed by atoms with Crippen LogP contribution in [0.15, 0.2) is 48.5 Å². The van der Waals surface area contributed by atoms with E-state index in [9.17, 15) is 9.59 Å². The summed E-state index contributed by atoms with van der Waals surface area (Å²) < 4.78 is 1.89. The Kier molecular flexibility index (Phi) is 4.69. The zero-order valence-electron chi connectivity index (χ0n) is 16.0. The van der Waals surface area contributed by atoms with Gasteiger partial charge in [0, 0.05) is 29.6 Å². The molecule has 0 saturated carbocycles. The van der Waals surface area contributed by atoms with Crippen LogP contribution in [0.3, 0.4) is 0 Å². The van der Waals surface area contributed by atoms with E-state index in [1.165, 1.54) is 5.56 Å². The number of fused-ring (bicyclic) bond motifs is 1. The van der Waals surface area contributed by atoms with Gasteiger partial charge in [0.25, 0.3) is 11.8 Å². The standard InChI is InChI=1S/C22H22N4O2/c1-14-9-11-17(12-10-14)26-19-8-4-7-18(19)20(25-26)22(28)24-16-6-3-5-15(13-16)21(27)23-2/h3,5-6,9-13H,4,7-8H2,1-2H3,(H,23,27)(H,24,28). The Morgan fingerprint density at radius 2 is 1.82 bits per heavy atom. The predicted molar refractivity (Wildman–Crippen MR) is 108 cm³/mol. The number of hydrogen-bond donors (Lipinski definition) is 2. The molecule has 6 heteroatoms. The highest BCUT2D eigenvalue weighted by Crippen LogP contribution is 2.28. The van der Waals surface area contributed by atoms with E-state index < -0.39 is 0 Å². The van der Waals surface area contributed by atoms with Gasteiger partial charge in [-0.15, -0.1) is 0 Å². The van der Waals surface area contributed by atoms with Crippen molar-refractivity contribution in [2.75, 3.05) is 12.4 Å². The van der Waals surface area contributed by atoms with E-state index in [2.05, 4.69) is 15.7 Å². The quantitative estimate of drug-likeness (QED) is 0.736. The second kappa shape index (κ2) is 7.31. The molecular weight excluding hydrogens is 352 g/mol. The number of carbonyl (C=O) groups is 2. The fourth-order valence-corrected chi connectivity index (χ4v) is 3.59. The lowest BCUT2D eigenvalue weighted by molar-refractivity contribution is 0.0961. The molecule has 6 nitrogen and oxygen atoms in total. The molecule has 1 aliphatic rings. The van der Waals surface area contributed by atoms with E-state index in [0.29, 0.717) is 16.9 Å². The van der Waals surface area contributed by atoms with Crippen molar-refractivity contribution in [3.05, 3.63) is 76.6 Å². The highest BCUT2D eigenvalue weighted by atomic mass is 16.2. The smallest absolute Gasteiger partial charge is 0.276 e. The summed E-state index contributed by atoms with van der Waals surface area (Å²) in [5.74, 6) is -0.446. The molecule has 0 spiro atoms.